The molecular weight excluding hydrogens is 248 g/mol. The molecule has 0 radical (unpaired) electrons. The third-order valence-corrected chi connectivity index (χ3v) is 3.66. The van der Waals surface area contributed by atoms with Crippen LogP contribution in [0.15, 0.2) is 54.6 Å². The predicted octanol–water partition coefficient (Wildman–Crippen LogP) is 3.93. The van der Waals surface area contributed by atoms with Gasteiger partial charge in [0.25, 0.3) is 0 Å². The molecule has 0 amide bonds. The van der Waals surface area contributed by atoms with E-state index >= 15 is 0 Å². The number of hydrogen-bond acceptors (Lipinski definition) is 2. The highest BCUT2D eigenvalue weighted by molar-refractivity contribution is 5.37. The van der Waals surface area contributed by atoms with Gasteiger partial charge >= 0.3 is 0 Å². The lowest BCUT2D eigenvalue weighted by atomic mass is 9.89. The molecule has 20 heavy (non-hydrogen) atoms. The first-order valence-corrected chi connectivity index (χ1v) is 7.03. The average Bonchev–Trinajstić information content (AvgIpc) is 2.48. The molecule has 1 unspecified atom stereocenters. The molecule has 2 rings (SSSR count). The van der Waals surface area contributed by atoms with Crippen molar-refractivity contribution in [3.63, 3.8) is 0 Å². The topological polar surface area (TPSA) is 29.5 Å². The average molecular weight is 270 g/mol. The van der Waals surface area contributed by atoms with E-state index in [1.54, 1.807) is 7.11 Å². The Bertz CT molecular complexity index is 532. The Kier molecular flexibility index (Phi) is 4.80. The number of aliphatic hydroxyl groups is 1. The summed E-state index contributed by atoms with van der Waals surface area (Å²) in [4.78, 5) is 0. The lowest BCUT2D eigenvalue weighted by molar-refractivity contribution is 0.0432. The SMILES string of the molecule is COc1ccccc1C(C)(O)CCCc1ccccc1. The van der Waals surface area contributed by atoms with Crippen molar-refractivity contribution in [1.29, 1.82) is 0 Å². The molecule has 0 aliphatic carbocycles. The number of aryl methyl sites for hydroxylation is 1. The van der Waals surface area contributed by atoms with Crippen molar-refractivity contribution in [2.75, 3.05) is 7.11 Å². The van der Waals surface area contributed by atoms with E-state index in [0.717, 1.165) is 24.2 Å². The summed E-state index contributed by atoms with van der Waals surface area (Å²) in [6, 6.07) is 18.0. The van der Waals surface area contributed by atoms with E-state index in [2.05, 4.69) is 12.1 Å². The molecule has 2 nitrogen and oxygen atoms in total. The van der Waals surface area contributed by atoms with Gasteiger partial charge in [-0.15, -0.1) is 0 Å². The van der Waals surface area contributed by atoms with E-state index < -0.39 is 5.60 Å². The zero-order valence-electron chi connectivity index (χ0n) is 12.2. The second-order valence-electron chi connectivity index (χ2n) is 5.31. The molecule has 0 aromatic heterocycles. The largest absolute Gasteiger partial charge is 0.496 e. The van der Waals surface area contributed by atoms with E-state index in [4.69, 9.17) is 4.74 Å². The Morgan fingerprint density at radius 1 is 1.00 bits per heavy atom. The van der Waals surface area contributed by atoms with E-state index in [-0.39, 0.29) is 0 Å². The molecule has 2 aromatic rings. The molecular formula is C18H22O2. The molecule has 0 fully saturated rings. The molecule has 0 aliphatic heterocycles. The van der Waals surface area contributed by atoms with Crippen molar-refractivity contribution in [1.82, 2.24) is 0 Å². The van der Waals surface area contributed by atoms with Gasteiger partial charge in [-0.3, -0.25) is 0 Å². The van der Waals surface area contributed by atoms with Gasteiger partial charge in [0.2, 0.25) is 0 Å². The summed E-state index contributed by atoms with van der Waals surface area (Å²) in [7, 11) is 1.64. The van der Waals surface area contributed by atoms with Crippen LogP contribution >= 0.6 is 0 Å². The number of ether oxygens (including phenoxy) is 1. The van der Waals surface area contributed by atoms with E-state index in [1.807, 2.05) is 49.4 Å². The Morgan fingerprint density at radius 2 is 1.65 bits per heavy atom. The summed E-state index contributed by atoms with van der Waals surface area (Å²) in [6.07, 6.45) is 2.63. The Balaban J connectivity index is 2.00. The maximum Gasteiger partial charge on any atom is 0.124 e. The first-order valence-electron chi connectivity index (χ1n) is 7.03. The fourth-order valence-electron chi connectivity index (χ4n) is 2.51. The zero-order valence-corrected chi connectivity index (χ0v) is 12.2. The Morgan fingerprint density at radius 3 is 2.35 bits per heavy atom. The van der Waals surface area contributed by atoms with Crippen molar-refractivity contribution < 1.29 is 9.84 Å². The summed E-state index contributed by atoms with van der Waals surface area (Å²) in [6.45, 7) is 1.86. The Hall–Kier alpha value is -1.80. The maximum absolute atomic E-state index is 10.7. The first kappa shape index (κ1) is 14.6. The smallest absolute Gasteiger partial charge is 0.124 e. The summed E-state index contributed by atoms with van der Waals surface area (Å²) in [5.41, 5.74) is 1.31. The third-order valence-electron chi connectivity index (χ3n) is 3.66. The molecule has 0 heterocycles. The predicted molar refractivity (Wildman–Crippen MR) is 81.9 cm³/mol. The molecule has 106 valence electrons. The van der Waals surface area contributed by atoms with Gasteiger partial charge in [-0.05, 0) is 37.8 Å². The highest BCUT2D eigenvalue weighted by Crippen LogP contribution is 2.33. The standard InChI is InChI=1S/C18H22O2/c1-18(19,16-12-6-7-13-17(16)20-2)14-8-11-15-9-4-3-5-10-15/h3-7,9-10,12-13,19H,8,11,14H2,1-2H3. The second kappa shape index (κ2) is 6.58. The summed E-state index contributed by atoms with van der Waals surface area (Å²) in [5.74, 6) is 0.747. The molecule has 0 saturated heterocycles. The van der Waals surface area contributed by atoms with Gasteiger partial charge in [0.05, 0.1) is 12.7 Å². The highest BCUT2D eigenvalue weighted by atomic mass is 16.5. The lowest BCUT2D eigenvalue weighted by Gasteiger charge is -2.25. The van der Waals surface area contributed by atoms with Gasteiger partial charge in [0.1, 0.15) is 5.75 Å². The van der Waals surface area contributed by atoms with Gasteiger partial charge in [-0.2, -0.15) is 0 Å². The molecule has 0 aliphatic rings. The molecule has 0 saturated carbocycles. The van der Waals surface area contributed by atoms with Gasteiger partial charge in [-0.25, -0.2) is 0 Å². The van der Waals surface area contributed by atoms with Gasteiger partial charge in [0.15, 0.2) is 0 Å². The van der Waals surface area contributed by atoms with Crippen molar-refractivity contribution in [2.45, 2.75) is 31.8 Å². The van der Waals surface area contributed by atoms with Crippen LogP contribution in [0.3, 0.4) is 0 Å². The Labute approximate surface area is 121 Å². The normalized spacial score (nSPS) is 13.8. The van der Waals surface area contributed by atoms with Crippen LogP contribution in [0.1, 0.15) is 30.9 Å². The van der Waals surface area contributed by atoms with Crippen molar-refractivity contribution >= 4 is 0 Å². The summed E-state index contributed by atoms with van der Waals surface area (Å²) >= 11 is 0. The minimum atomic E-state index is -0.860. The third kappa shape index (κ3) is 3.61. The monoisotopic (exact) mass is 270 g/mol. The van der Waals surface area contributed by atoms with E-state index in [1.165, 1.54) is 5.56 Å². The minimum absolute atomic E-state index is 0.711. The highest BCUT2D eigenvalue weighted by Gasteiger charge is 2.25. The van der Waals surface area contributed by atoms with Gasteiger partial charge in [-0.1, -0.05) is 48.5 Å². The van der Waals surface area contributed by atoms with Crippen LogP contribution in [-0.2, 0) is 12.0 Å². The van der Waals surface area contributed by atoms with E-state index in [9.17, 15) is 5.11 Å². The fraction of sp³-hybridized carbons (Fsp3) is 0.333. The van der Waals surface area contributed by atoms with Gasteiger partial charge in [0, 0.05) is 5.56 Å². The fourth-order valence-corrected chi connectivity index (χ4v) is 2.51. The number of benzene rings is 2. The van der Waals surface area contributed by atoms with Crippen molar-refractivity contribution in [3.8, 4) is 5.75 Å². The van der Waals surface area contributed by atoms with Crippen molar-refractivity contribution in [2.24, 2.45) is 0 Å². The van der Waals surface area contributed by atoms with Gasteiger partial charge < -0.3 is 9.84 Å². The van der Waals surface area contributed by atoms with Crippen LogP contribution in [0.4, 0.5) is 0 Å². The second-order valence-corrected chi connectivity index (χ2v) is 5.31. The van der Waals surface area contributed by atoms with E-state index in [0.29, 0.717) is 6.42 Å². The molecule has 0 spiro atoms. The van der Waals surface area contributed by atoms with Crippen LogP contribution in [0, 0.1) is 0 Å². The molecule has 1 atom stereocenters. The first-order chi connectivity index (χ1) is 9.63. The zero-order chi connectivity index (χ0) is 14.4. The van der Waals surface area contributed by atoms with Crippen LogP contribution in [0.5, 0.6) is 5.75 Å². The van der Waals surface area contributed by atoms with Crippen LogP contribution in [0.2, 0.25) is 0 Å². The number of rotatable bonds is 6. The number of methoxy groups -OCH3 is 1. The summed E-state index contributed by atoms with van der Waals surface area (Å²) in [5, 5.41) is 10.7. The number of para-hydroxylation sites is 1. The minimum Gasteiger partial charge on any atom is -0.496 e. The summed E-state index contributed by atoms with van der Waals surface area (Å²) < 4.78 is 5.34. The molecule has 2 aromatic carbocycles. The maximum atomic E-state index is 10.7. The molecule has 1 N–H and O–H groups in total. The van der Waals surface area contributed by atoms with Crippen LogP contribution in [-0.4, -0.2) is 12.2 Å². The lowest BCUT2D eigenvalue weighted by Crippen LogP contribution is -2.22. The van der Waals surface area contributed by atoms with Crippen molar-refractivity contribution in [3.05, 3.63) is 65.7 Å². The van der Waals surface area contributed by atoms with Crippen LogP contribution < -0.4 is 4.74 Å². The molecule has 2 heteroatoms. The quantitative estimate of drug-likeness (QED) is 0.862. The molecule has 0 bridgehead atoms. The number of hydrogen-bond donors (Lipinski definition) is 1. The van der Waals surface area contributed by atoms with Crippen LogP contribution in [0.25, 0.3) is 0 Å².